The highest BCUT2D eigenvalue weighted by Crippen LogP contribution is 2.28. The summed E-state index contributed by atoms with van der Waals surface area (Å²) in [5.41, 5.74) is 1.33. The molecule has 2 amide bonds. The Hall–Kier alpha value is -2.34. The first-order valence-corrected chi connectivity index (χ1v) is 7.66. The van der Waals surface area contributed by atoms with Crippen LogP contribution in [0.3, 0.4) is 0 Å². The summed E-state index contributed by atoms with van der Waals surface area (Å²) < 4.78 is 4.20. The molecule has 1 aliphatic rings. The summed E-state index contributed by atoms with van der Waals surface area (Å²) in [5.74, 6) is -0.935. The van der Waals surface area contributed by atoms with Crippen LogP contribution in [0.4, 0.5) is 9.80 Å². The number of carbonyl (C=O) groups is 2. The lowest BCUT2D eigenvalue weighted by molar-refractivity contribution is -0.136. The van der Waals surface area contributed by atoms with Crippen molar-refractivity contribution in [3.63, 3.8) is 0 Å². The second-order valence-electron chi connectivity index (χ2n) is 4.91. The Morgan fingerprint density at radius 3 is 2.68 bits per heavy atom. The lowest BCUT2D eigenvalue weighted by Crippen LogP contribution is -2.52. The van der Waals surface area contributed by atoms with Gasteiger partial charge in [-0.1, -0.05) is 0 Å². The second kappa shape index (κ2) is 7.09. The zero-order valence-electron chi connectivity index (χ0n) is 12.2. The van der Waals surface area contributed by atoms with Gasteiger partial charge in [-0.05, 0) is 18.5 Å². The summed E-state index contributed by atoms with van der Waals surface area (Å²) in [6.07, 6.45) is -0.0859. The summed E-state index contributed by atoms with van der Waals surface area (Å²) in [6.45, 7) is 4.25. The van der Waals surface area contributed by atoms with Crippen molar-refractivity contribution < 1.29 is 14.7 Å². The normalized spacial score (nSPS) is 14.5. The molecule has 9 heteroatoms. The van der Waals surface area contributed by atoms with E-state index in [1.54, 1.807) is 4.90 Å². The molecule has 2 N–H and O–H groups in total. The molecular weight excluding hydrogens is 306 g/mol. The molecule has 22 heavy (non-hydrogen) atoms. The molecule has 0 saturated carbocycles. The smallest absolute Gasteiger partial charge is 0.317 e. The largest absolute Gasteiger partial charge is 0.481 e. The van der Waals surface area contributed by atoms with Gasteiger partial charge in [-0.15, -0.1) is 0 Å². The molecule has 2 heterocycles. The van der Waals surface area contributed by atoms with Crippen molar-refractivity contribution in [2.45, 2.75) is 13.3 Å². The molecule has 0 bridgehead atoms. The standard InChI is InChI=1S/C13H17N5O3S/c1-9-10(8-14)12(22-16-9)17-4-6-18(7-5-17)13(21)15-3-2-11(19)20/h2-7H2,1H3,(H,15,21)(H,19,20). The van der Waals surface area contributed by atoms with Crippen LogP contribution in [0.1, 0.15) is 17.7 Å². The molecule has 2 rings (SSSR count). The van der Waals surface area contributed by atoms with Crippen molar-refractivity contribution in [1.82, 2.24) is 14.6 Å². The van der Waals surface area contributed by atoms with Gasteiger partial charge in [0.25, 0.3) is 0 Å². The highest BCUT2D eigenvalue weighted by atomic mass is 32.1. The van der Waals surface area contributed by atoms with Crippen molar-refractivity contribution in [1.29, 1.82) is 5.26 Å². The van der Waals surface area contributed by atoms with Gasteiger partial charge in [-0.2, -0.15) is 9.64 Å². The van der Waals surface area contributed by atoms with Gasteiger partial charge in [0.15, 0.2) is 0 Å². The minimum atomic E-state index is -0.935. The third-order valence-corrected chi connectivity index (χ3v) is 4.43. The number of hydrogen-bond donors (Lipinski definition) is 2. The lowest BCUT2D eigenvalue weighted by atomic mass is 10.2. The summed E-state index contributed by atoms with van der Waals surface area (Å²) in [5, 5.41) is 21.2. The zero-order chi connectivity index (χ0) is 16.1. The second-order valence-corrected chi connectivity index (χ2v) is 5.66. The highest BCUT2D eigenvalue weighted by molar-refractivity contribution is 7.10. The minimum Gasteiger partial charge on any atom is -0.481 e. The molecule has 0 aromatic carbocycles. The molecule has 1 aliphatic heterocycles. The number of hydrogen-bond acceptors (Lipinski definition) is 6. The number of piperazine rings is 1. The summed E-state index contributed by atoms with van der Waals surface area (Å²) >= 11 is 1.30. The maximum absolute atomic E-state index is 11.9. The van der Waals surface area contributed by atoms with Crippen LogP contribution < -0.4 is 10.2 Å². The molecule has 0 aliphatic carbocycles. The van der Waals surface area contributed by atoms with Crippen molar-refractivity contribution in [2.24, 2.45) is 0 Å². The fourth-order valence-corrected chi connectivity index (χ4v) is 3.10. The number of nitrogens with one attached hydrogen (secondary N) is 1. The predicted octanol–water partition coefficient (Wildman–Crippen LogP) is 0.630. The van der Waals surface area contributed by atoms with E-state index in [9.17, 15) is 9.59 Å². The maximum atomic E-state index is 11.9. The average molecular weight is 323 g/mol. The van der Waals surface area contributed by atoms with E-state index in [4.69, 9.17) is 10.4 Å². The van der Waals surface area contributed by atoms with Crippen LogP contribution >= 0.6 is 11.5 Å². The van der Waals surface area contributed by atoms with Crippen molar-refractivity contribution in [3.05, 3.63) is 11.3 Å². The van der Waals surface area contributed by atoms with Gasteiger partial charge in [-0.25, -0.2) is 4.79 Å². The number of carbonyl (C=O) groups excluding carboxylic acids is 1. The zero-order valence-corrected chi connectivity index (χ0v) is 13.0. The van der Waals surface area contributed by atoms with E-state index in [1.807, 2.05) is 6.92 Å². The monoisotopic (exact) mass is 323 g/mol. The Kier molecular flexibility index (Phi) is 5.16. The third-order valence-electron chi connectivity index (χ3n) is 3.43. The Bertz CT molecular complexity index is 601. The van der Waals surface area contributed by atoms with Gasteiger partial charge in [0.1, 0.15) is 16.6 Å². The molecule has 1 aromatic rings. The molecule has 0 unspecified atom stereocenters. The fourth-order valence-electron chi connectivity index (χ4n) is 2.20. The Morgan fingerprint density at radius 1 is 1.41 bits per heavy atom. The Balaban J connectivity index is 1.86. The van der Waals surface area contributed by atoms with E-state index in [1.165, 1.54) is 11.5 Å². The van der Waals surface area contributed by atoms with Gasteiger partial charge in [0, 0.05) is 32.7 Å². The quantitative estimate of drug-likeness (QED) is 0.841. The van der Waals surface area contributed by atoms with Gasteiger partial charge in [0.2, 0.25) is 0 Å². The number of carboxylic acid groups (broad SMARTS) is 1. The molecule has 8 nitrogen and oxygen atoms in total. The predicted molar refractivity (Wildman–Crippen MR) is 81.0 cm³/mol. The summed E-state index contributed by atoms with van der Waals surface area (Å²) in [4.78, 5) is 26.0. The SMILES string of the molecule is Cc1nsc(N2CCN(C(=O)NCCC(=O)O)CC2)c1C#N. The highest BCUT2D eigenvalue weighted by Gasteiger charge is 2.24. The van der Waals surface area contributed by atoms with Crippen LogP contribution in [0.2, 0.25) is 0 Å². The molecule has 1 aromatic heterocycles. The topological polar surface area (TPSA) is 110 Å². The number of rotatable bonds is 4. The van der Waals surface area contributed by atoms with E-state index in [0.717, 1.165) is 10.7 Å². The van der Waals surface area contributed by atoms with E-state index in [-0.39, 0.29) is 19.0 Å². The fraction of sp³-hybridized carbons (Fsp3) is 0.538. The number of aliphatic carboxylic acids is 1. The van der Waals surface area contributed by atoms with Crippen LogP contribution in [-0.2, 0) is 4.79 Å². The van der Waals surface area contributed by atoms with E-state index in [0.29, 0.717) is 31.7 Å². The maximum Gasteiger partial charge on any atom is 0.317 e. The molecule has 0 radical (unpaired) electrons. The Morgan fingerprint density at radius 2 is 2.09 bits per heavy atom. The van der Waals surface area contributed by atoms with E-state index >= 15 is 0 Å². The van der Waals surface area contributed by atoms with Gasteiger partial charge >= 0.3 is 12.0 Å². The number of amides is 2. The Labute approximate surface area is 132 Å². The van der Waals surface area contributed by atoms with Gasteiger partial charge in [0.05, 0.1) is 12.1 Å². The number of anilines is 1. The number of aromatic nitrogens is 1. The summed E-state index contributed by atoms with van der Waals surface area (Å²) in [6, 6.07) is 1.92. The van der Waals surface area contributed by atoms with Crippen LogP contribution in [0, 0.1) is 18.3 Å². The van der Waals surface area contributed by atoms with Crippen molar-refractivity contribution in [3.8, 4) is 6.07 Å². The average Bonchev–Trinajstić information content (AvgIpc) is 2.87. The lowest BCUT2D eigenvalue weighted by Gasteiger charge is -2.35. The molecule has 1 saturated heterocycles. The number of nitriles is 1. The van der Waals surface area contributed by atoms with Crippen molar-refractivity contribution in [2.75, 3.05) is 37.6 Å². The van der Waals surface area contributed by atoms with E-state index in [2.05, 4.69) is 20.7 Å². The first-order chi connectivity index (χ1) is 10.5. The van der Waals surface area contributed by atoms with Gasteiger partial charge < -0.3 is 20.2 Å². The van der Waals surface area contributed by atoms with Crippen molar-refractivity contribution >= 4 is 28.5 Å². The number of nitrogens with zero attached hydrogens (tertiary/aromatic N) is 4. The van der Waals surface area contributed by atoms with Crippen LogP contribution in [-0.4, -0.2) is 59.1 Å². The number of urea groups is 1. The number of carboxylic acids is 1. The minimum absolute atomic E-state index is 0.0859. The van der Waals surface area contributed by atoms with Crippen LogP contribution in [0.5, 0.6) is 0 Å². The molecule has 1 fully saturated rings. The first-order valence-electron chi connectivity index (χ1n) is 6.88. The van der Waals surface area contributed by atoms with Crippen LogP contribution in [0.25, 0.3) is 0 Å². The molecule has 0 spiro atoms. The first kappa shape index (κ1) is 16.0. The number of aryl methyl sites for hydroxylation is 1. The van der Waals surface area contributed by atoms with Crippen LogP contribution in [0.15, 0.2) is 0 Å². The van der Waals surface area contributed by atoms with Gasteiger partial charge in [-0.3, -0.25) is 4.79 Å². The molecular formula is C13H17N5O3S. The third kappa shape index (κ3) is 3.65. The van der Waals surface area contributed by atoms with E-state index < -0.39 is 5.97 Å². The molecule has 118 valence electrons. The molecule has 0 atom stereocenters. The summed E-state index contributed by atoms with van der Waals surface area (Å²) in [7, 11) is 0.